The SMILES string of the molecule is CCC1(CNCc2cc(F)c(F)cc2F)CCC1. The van der Waals surface area contributed by atoms with Crippen LogP contribution in [0.15, 0.2) is 12.1 Å². The lowest BCUT2D eigenvalue weighted by molar-refractivity contribution is 0.123. The smallest absolute Gasteiger partial charge is 0.161 e. The molecule has 0 atom stereocenters. The zero-order valence-electron chi connectivity index (χ0n) is 10.5. The predicted molar refractivity (Wildman–Crippen MR) is 64.6 cm³/mol. The molecule has 1 aromatic carbocycles. The third-order valence-electron chi connectivity index (χ3n) is 4.07. The monoisotopic (exact) mass is 257 g/mol. The summed E-state index contributed by atoms with van der Waals surface area (Å²) in [6.07, 6.45) is 4.73. The summed E-state index contributed by atoms with van der Waals surface area (Å²) in [6, 6.07) is 1.53. The van der Waals surface area contributed by atoms with E-state index in [0.29, 0.717) is 11.5 Å². The summed E-state index contributed by atoms with van der Waals surface area (Å²) in [4.78, 5) is 0. The molecule has 1 fully saturated rings. The molecule has 0 aliphatic heterocycles. The topological polar surface area (TPSA) is 12.0 Å². The number of benzene rings is 1. The summed E-state index contributed by atoms with van der Waals surface area (Å²) in [5.41, 5.74) is 0.508. The van der Waals surface area contributed by atoms with Crippen LogP contribution < -0.4 is 5.32 Å². The Bertz CT molecular complexity index is 422. The van der Waals surface area contributed by atoms with E-state index in [2.05, 4.69) is 12.2 Å². The van der Waals surface area contributed by atoms with Crippen molar-refractivity contribution in [3.05, 3.63) is 35.1 Å². The van der Waals surface area contributed by atoms with Crippen molar-refractivity contribution in [2.45, 2.75) is 39.2 Å². The van der Waals surface area contributed by atoms with Gasteiger partial charge in [0.25, 0.3) is 0 Å². The van der Waals surface area contributed by atoms with Gasteiger partial charge in [0.1, 0.15) is 5.82 Å². The van der Waals surface area contributed by atoms with Crippen molar-refractivity contribution in [2.24, 2.45) is 5.41 Å². The third kappa shape index (κ3) is 2.69. The summed E-state index contributed by atoms with van der Waals surface area (Å²) >= 11 is 0. The Kier molecular flexibility index (Phi) is 3.95. The Morgan fingerprint density at radius 1 is 1.11 bits per heavy atom. The molecule has 100 valence electrons. The van der Waals surface area contributed by atoms with Crippen LogP contribution in [-0.2, 0) is 6.54 Å². The molecular weight excluding hydrogens is 239 g/mol. The lowest BCUT2D eigenvalue weighted by atomic mass is 9.67. The van der Waals surface area contributed by atoms with Crippen LogP contribution in [0, 0.1) is 22.9 Å². The summed E-state index contributed by atoms with van der Waals surface area (Å²) in [7, 11) is 0. The molecule has 0 saturated heterocycles. The van der Waals surface area contributed by atoms with E-state index < -0.39 is 17.5 Å². The maximum absolute atomic E-state index is 13.4. The van der Waals surface area contributed by atoms with Gasteiger partial charge >= 0.3 is 0 Å². The van der Waals surface area contributed by atoms with Crippen LogP contribution in [-0.4, -0.2) is 6.54 Å². The highest BCUT2D eigenvalue weighted by Crippen LogP contribution is 2.43. The van der Waals surface area contributed by atoms with E-state index in [-0.39, 0.29) is 12.1 Å². The van der Waals surface area contributed by atoms with E-state index >= 15 is 0 Å². The Morgan fingerprint density at radius 3 is 2.33 bits per heavy atom. The molecule has 1 aliphatic rings. The van der Waals surface area contributed by atoms with Crippen molar-refractivity contribution in [3.8, 4) is 0 Å². The third-order valence-corrected chi connectivity index (χ3v) is 4.07. The maximum atomic E-state index is 13.4. The zero-order valence-corrected chi connectivity index (χ0v) is 10.5. The standard InChI is InChI=1S/C14H18F3N/c1-2-14(4-3-5-14)9-18-8-10-6-12(16)13(17)7-11(10)15/h6-7,18H,2-5,8-9H2,1H3. The summed E-state index contributed by atoms with van der Waals surface area (Å²) in [6.45, 7) is 3.20. The van der Waals surface area contributed by atoms with Crippen LogP contribution in [0.1, 0.15) is 38.2 Å². The van der Waals surface area contributed by atoms with Gasteiger partial charge in [-0.1, -0.05) is 13.3 Å². The highest BCUT2D eigenvalue weighted by molar-refractivity contribution is 5.20. The number of halogens is 3. The number of hydrogen-bond donors (Lipinski definition) is 1. The molecule has 2 rings (SSSR count). The first-order chi connectivity index (χ1) is 8.56. The van der Waals surface area contributed by atoms with E-state index in [0.717, 1.165) is 19.0 Å². The molecule has 4 heteroatoms. The largest absolute Gasteiger partial charge is 0.312 e. The van der Waals surface area contributed by atoms with E-state index in [4.69, 9.17) is 0 Å². The lowest BCUT2D eigenvalue weighted by Crippen LogP contribution is -2.39. The van der Waals surface area contributed by atoms with E-state index in [9.17, 15) is 13.2 Å². The highest BCUT2D eigenvalue weighted by atomic mass is 19.2. The fourth-order valence-electron chi connectivity index (χ4n) is 2.49. The van der Waals surface area contributed by atoms with Gasteiger partial charge in [-0.15, -0.1) is 0 Å². The summed E-state index contributed by atoms with van der Waals surface area (Å²) < 4.78 is 39.1. The molecule has 1 nitrogen and oxygen atoms in total. The van der Waals surface area contributed by atoms with E-state index in [1.165, 1.54) is 19.3 Å². The first-order valence-electron chi connectivity index (χ1n) is 6.40. The van der Waals surface area contributed by atoms with E-state index in [1.54, 1.807) is 0 Å². The van der Waals surface area contributed by atoms with Crippen LogP contribution in [0.5, 0.6) is 0 Å². The van der Waals surface area contributed by atoms with E-state index in [1.807, 2.05) is 0 Å². The van der Waals surface area contributed by atoms with Crippen LogP contribution in [0.3, 0.4) is 0 Å². The number of rotatable bonds is 5. The highest BCUT2D eigenvalue weighted by Gasteiger charge is 2.34. The second-order valence-corrected chi connectivity index (χ2v) is 5.17. The molecule has 0 radical (unpaired) electrons. The molecule has 0 heterocycles. The Morgan fingerprint density at radius 2 is 1.78 bits per heavy atom. The van der Waals surface area contributed by atoms with Gasteiger partial charge in [0, 0.05) is 24.7 Å². The molecule has 1 aliphatic carbocycles. The second-order valence-electron chi connectivity index (χ2n) is 5.17. The molecule has 18 heavy (non-hydrogen) atoms. The van der Waals surface area contributed by atoms with Crippen molar-refractivity contribution < 1.29 is 13.2 Å². The number of nitrogens with one attached hydrogen (secondary N) is 1. The van der Waals surface area contributed by atoms with Crippen molar-refractivity contribution in [2.75, 3.05) is 6.54 Å². The minimum Gasteiger partial charge on any atom is -0.312 e. The molecule has 0 bridgehead atoms. The predicted octanol–water partition coefficient (Wildman–Crippen LogP) is 3.77. The van der Waals surface area contributed by atoms with Gasteiger partial charge in [-0.25, -0.2) is 13.2 Å². The van der Waals surface area contributed by atoms with Crippen LogP contribution in [0.2, 0.25) is 0 Å². The summed E-state index contributed by atoms with van der Waals surface area (Å²) in [5, 5.41) is 3.15. The molecule has 0 amide bonds. The van der Waals surface area contributed by atoms with Gasteiger partial charge in [-0.05, 0) is 30.7 Å². The maximum Gasteiger partial charge on any atom is 0.161 e. The Hall–Kier alpha value is -1.03. The zero-order chi connectivity index (χ0) is 13.2. The lowest BCUT2D eigenvalue weighted by Gasteiger charge is -2.41. The second kappa shape index (κ2) is 5.31. The number of hydrogen-bond acceptors (Lipinski definition) is 1. The van der Waals surface area contributed by atoms with Gasteiger partial charge < -0.3 is 5.32 Å². The minimum absolute atomic E-state index is 0.180. The molecule has 1 saturated carbocycles. The van der Waals surface area contributed by atoms with Crippen LogP contribution in [0.25, 0.3) is 0 Å². The van der Waals surface area contributed by atoms with Crippen LogP contribution in [0.4, 0.5) is 13.2 Å². The summed E-state index contributed by atoms with van der Waals surface area (Å²) in [5.74, 6) is -2.83. The van der Waals surface area contributed by atoms with Gasteiger partial charge in [0.15, 0.2) is 11.6 Å². The quantitative estimate of drug-likeness (QED) is 0.792. The Balaban J connectivity index is 1.92. The molecule has 0 aromatic heterocycles. The normalized spacial score (nSPS) is 17.6. The molecular formula is C14H18F3N. The van der Waals surface area contributed by atoms with Gasteiger partial charge in [-0.2, -0.15) is 0 Å². The molecule has 0 spiro atoms. The first-order valence-corrected chi connectivity index (χ1v) is 6.40. The minimum atomic E-state index is -1.14. The van der Waals surface area contributed by atoms with Crippen molar-refractivity contribution in [3.63, 3.8) is 0 Å². The average Bonchev–Trinajstić information content (AvgIpc) is 2.29. The average molecular weight is 257 g/mol. The van der Waals surface area contributed by atoms with Gasteiger partial charge in [0.2, 0.25) is 0 Å². The van der Waals surface area contributed by atoms with Gasteiger partial charge in [0.05, 0.1) is 0 Å². The van der Waals surface area contributed by atoms with Crippen LogP contribution >= 0.6 is 0 Å². The van der Waals surface area contributed by atoms with Crippen molar-refractivity contribution >= 4 is 0 Å². The molecule has 1 aromatic rings. The Labute approximate surface area is 105 Å². The molecule has 1 N–H and O–H groups in total. The fraction of sp³-hybridized carbons (Fsp3) is 0.571. The first kappa shape index (κ1) is 13.4. The van der Waals surface area contributed by atoms with Crippen molar-refractivity contribution in [1.29, 1.82) is 0 Å². The van der Waals surface area contributed by atoms with Gasteiger partial charge in [-0.3, -0.25) is 0 Å². The molecule has 0 unspecified atom stereocenters. The van der Waals surface area contributed by atoms with Crippen molar-refractivity contribution in [1.82, 2.24) is 5.32 Å². The fourth-order valence-corrected chi connectivity index (χ4v) is 2.49.